The summed E-state index contributed by atoms with van der Waals surface area (Å²) < 4.78 is 11.4. The van der Waals surface area contributed by atoms with E-state index in [4.69, 9.17) is 9.47 Å². The quantitative estimate of drug-likeness (QED) is 0.276. The van der Waals surface area contributed by atoms with Crippen LogP contribution in [0.2, 0.25) is 0 Å². The maximum absolute atomic E-state index is 6.13. The Morgan fingerprint density at radius 1 is 1.03 bits per heavy atom. The van der Waals surface area contributed by atoms with Gasteiger partial charge in [0.1, 0.15) is 11.5 Å². The zero-order chi connectivity index (χ0) is 20.8. The number of nitrogens with zero attached hydrogens (tertiary/aromatic N) is 2. The summed E-state index contributed by atoms with van der Waals surface area (Å²) in [5.41, 5.74) is 2.19. The van der Waals surface area contributed by atoms with E-state index in [2.05, 4.69) is 27.4 Å². The van der Waals surface area contributed by atoms with Crippen molar-refractivity contribution in [3.63, 3.8) is 0 Å². The van der Waals surface area contributed by atoms with Crippen LogP contribution in [0, 0.1) is 6.92 Å². The van der Waals surface area contributed by atoms with Crippen LogP contribution in [-0.4, -0.2) is 17.1 Å². The van der Waals surface area contributed by atoms with Crippen molar-refractivity contribution in [3.05, 3.63) is 83.5 Å². The van der Waals surface area contributed by atoms with Crippen LogP contribution in [0.15, 0.2) is 77.1 Å². The van der Waals surface area contributed by atoms with Gasteiger partial charge in [-0.05, 0) is 42.8 Å². The van der Waals surface area contributed by atoms with Crippen LogP contribution in [0.25, 0.3) is 0 Å². The Morgan fingerprint density at radius 3 is 2.48 bits per heavy atom. The van der Waals surface area contributed by atoms with Gasteiger partial charge in [-0.25, -0.2) is 9.97 Å². The molecule has 0 aliphatic heterocycles. The third kappa shape index (κ3) is 6.37. The van der Waals surface area contributed by atoms with E-state index in [0.29, 0.717) is 11.6 Å². The highest BCUT2D eigenvalue weighted by atomic mass is 35.5. The average Bonchev–Trinajstić information content (AvgIpc) is 3.19. The zero-order valence-electron chi connectivity index (χ0n) is 17.1. The van der Waals surface area contributed by atoms with Crippen LogP contribution in [0.4, 0.5) is 10.9 Å². The number of aromatic nitrogens is 2. The van der Waals surface area contributed by atoms with Crippen LogP contribution in [0.3, 0.4) is 0 Å². The van der Waals surface area contributed by atoms with Crippen LogP contribution >= 0.6 is 35.5 Å². The maximum atomic E-state index is 6.13. The molecule has 0 aliphatic carbocycles. The van der Waals surface area contributed by atoms with Crippen molar-refractivity contribution < 1.29 is 9.47 Å². The normalized spacial score (nSPS) is 10.3. The molecule has 0 unspecified atom stereocenters. The smallest absolute Gasteiger partial charge is 0.188 e. The number of thiazole rings is 1. The molecule has 2 heterocycles. The second-order valence-corrected chi connectivity index (χ2v) is 8.40. The van der Waals surface area contributed by atoms with E-state index >= 15 is 0 Å². The minimum Gasteiger partial charge on any atom is -0.497 e. The number of aryl methyl sites for hydroxylation is 1. The van der Waals surface area contributed by atoms with E-state index < -0.39 is 0 Å². The van der Waals surface area contributed by atoms with Crippen molar-refractivity contribution in [1.82, 2.24) is 9.97 Å². The van der Waals surface area contributed by atoms with Crippen molar-refractivity contribution in [1.29, 1.82) is 0 Å². The number of anilines is 2. The van der Waals surface area contributed by atoms with Gasteiger partial charge in [0.15, 0.2) is 16.7 Å². The molecule has 0 radical (unpaired) electrons. The van der Waals surface area contributed by atoms with Crippen molar-refractivity contribution >= 4 is 46.5 Å². The number of benzene rings is 2. The molecule has 4 aromatic rings. The first kappa shape index (κ1) is 22.9. The fourth-order valence-electron chi connectivity index (χ4n) is 2.69. The van der Waals surface area contributed by atoms with E-state index in [1.54, 1.807) is 30.2 Å². The van der Waals surface area contributed by atoms with Crippen molar-refractivity contribution in [3.8, 4) is 17.2 Å². The monoisotopic (exact) mass is 471 g/mol. The van der Waals surface area contributed by atoms with E-state index in [0.717, 1.165) is 33.0 Å². The third-order valence-corrected chi connectivity index (χ3v) is 6.12. The average molecular weight is 472 g/mol. The summed E-state index contributed by atoms with van der Waals surface area (Å²) in [5, 5.41) is 6.06. The highest BCUT2D eigenvalue weighted by Gasteiger charge is 2.11. The van der Waals surface area contributed by atoms with E-state index in [1.165, 1.54) is 5.56 Å². The largest absolute Gasteiger partial charge is 0.497 e. The molecule has 8 heteroatoms. The number of nitrogens with one attached hydrogen (secondary N) is 1. The molecular formula is C23H22ClN3O2S2. The highest BCUT2D eigenvalue weighted by Crippen LogP contribution is 2.35. The van der Waals surface area contributed by atoms with Gasteiger partial charge in [-0.2, -0.15) is 0 Å². The van der Waals surface area contributed by atoms with E-state index in [1.807, 2.05) is 67.0 Å². The molecule has 2 aromatic heterocycles. The molecule has 1 N–H and O–H groups in total. The predicted octanol–water partition coefficient (Wildman–Crippen LogP) is 7.11. The topological polar surface area (TPSA) is 56.3 Å². The number of pyridine rings is 1. The fraction of sp³-hybridized carbons (Fsp3) is 0.130. The van der Waals surface area contributed by atoms with E-state index in [-0.39, 0.29) is 12.4 Å². The lowest BCUT2D eigenvalue weighted by molar-refractivity contribution is 0.414. The first-order valence-corrected chi connectivity index (χ1v) is 11.2. The fourth-order valence-corrected chi connectivity index (χ4v) is 4.22. The summed E-state index contributed by atoms with van der Waals surface area (Å²) in [6, 6.07) is 19.8. The molecule has 4 rings (SSSR count). The number of rotatable bonds is 8. The van der Waals surface area contributed by atoms with Gasteiger partial charge in [0, 0.05) is 22.2 Å². The summed E-state index contributed by atoms with van der Waals surface area (Å²) >= 11 is 3.25. The second kappa shape index (κ2) is 11.0. The Morgan fingerprint density at radius 2 is 1.81 bits per heavy atom. The molecule has 0 saturated heterocycles. The van der Waals surface area contributed by atoms with Gasteiger partial charge in [0.05, 0.1) is 12.8 Å². The molecule has 160 valence electrons. The van der Waals surface area contributed by atoms with Crippen molar-refractivity contribution in [2.75, 3.05) is 12.4 Å². The second-order valence-electron chi connectivity index (χ2n) is 6.49. The lowest BCUT2D eigenvalue weighted by atomic mass is 10.2. The molecule has 0 aliphatic rings. The molecule has 0 spiro atoms. The molecule has 0 saturated carbocycles. The molecule has 2 aromatic carbocycles. The number of hydrogen-bond acceptors (Lipinski definition) is 7. The SMILES string of the molecule is COc1ccc(CSc2cnc(Nc3nc(C)cs3)c(Oc3ccccc3)c2)cc1.Cl. The first-order chi connectivity index (χ1) is 14.7. The Kier molecular flexibility index (Phi) is 8.17. The van der Waals surface area contributed by atoms with Crippen molar-refractivity contribution in [2.45, 2.75) is 17.6 Å². The standard InChI is InChI=1S/C23H21N3O2S2.ClH/c1-16-14-30-23(25-16)26-22-21(28-19-6-4-3-5-7-19)12-20(13-24-22)29-15-17-8-10-18(27-2)11-9-17;/h3-14H,15H2,1-2H3,(H,24,25,26);1H. The van der Waals surface area contributed by atoms with Crippen molar-refractivity contribution in [2.24, 2.45) is 0 Å². The summed E-state index contributed by atoms with van der Waals surface area (Å²) in [6.45, 7) is 1.97. The Balaban J connectivity index is 0.00000272. The number of ether oxygens (including phenoxy) is 2. The lowest BCUT2D eigenvalue weighted by Crippen LogP contribution is -1.97. The highest BCUT2D eigenvalue weighted by molar-refractivity contribution is 7.98. The number of para-hydroxylation sites is 1. The van der Waals surface area contributed by atoms with Gasteiger partial charge in [0.2, 0.25) is 0 Å². The van der Waals surface area contributed by atoms with Crippen LogP contribution in [0.1, 0.15) is 11.3 Å². The third-order valence-electron chi connectivity index (χ3n) is 4.21. The van der Waals surface area contributed by atoms with Crippen LogP contribution in [-0.2, 0) is 5.75 Å². The zero-order valence-corrected chi connectivity index (χ0v) is 19.5. The van der Waals surface area contributed by atoms with Gasteiger partial charge in [-0.3, -0.25) is 0 Å². The van der Waals surface area contributed by atoms with Crippen LogP contribution in [0.5, 0.6) is 17.2 Å². The van der Waals surface area contributed by atoms with Gasteiger partial charge in [0.25, 0.3) is 0 Å². The van der Waals surface area contributed by atoms with Gasteiger partial charge in [-0.1, -0.05) is 30.3 Å². The summed E-state index contributed by atoms with van der Waals surface area (Å²) in [6.07, 6.45) is 1.86. The molecule has 5 nitrogen and oxygen atoms in total. The van der Waals surface area contributed by atoms with Crippen LogP contribution < -0.4 is 14.8 Å². The molecule has 0 atom stereocenters. The van der Waals surface area contributed by atoms with Gasteiger partial charge >= 0.3 is 0 Å². The number of halogens is 1. The Hall–Kier alpha value is -2.74. The Bertz CT molecular complexity index is 1110. The Labute approximate surface area is 196 Å². The lowest BCUT2D eigenvalue weighted by Gasteiger charge is -2.12. The number of thioether (sulfide) groups is 1. The molecular weight excluding hydrogens is 450 g/mol. The van der Waals surface area contributed by atoms with Gasteiger partial charge in [-0.15, -0.1) is 35.5 Å². The minimum atomic E-state index is 0. The molecule has 31 heavy (non-hydrogen) atoms. The number of methoxy groups -OCH3 is 1. The van der Waals surface area contributed by atoms with E-state index in [9.17, 15) is 0 Å². The molecule has 0 bridgehead atoms. The molecule has 0 fully saturated rings. The first-order valence-electron chi connectivity index (χ1n) is 9.37. The maximum Gasteiger partial charge on any atom is 0.188 e. The summed E-state index contributed by atoms with van der Waals surface area (Å²) in [7, 11) is 1.67. The van der Waals surface area contributed by atoms with Gasteiger partial charge < -0.3 is 14.8 Å². The minimum absolute atomic E-state index is 0. The summed E-state index contributed by atoms with van der Waals surface area (Å²) in [4.78, 5) is 10.1. The number of hydrogen-bond donors (Lipinski definition) is 1. The predicted molar refractivity (Wildman–Crippen MR) is 131 cm³/mol. The molecule has 0 amide bonds. The summed E-state index contributed by atoms with van der Waals surface area (Å²) in [5.74, 6) is 3.75.